The van der Waals surface area contributed by atoms with Gasteiger partial charge in [0.05, 0.1) is 6.10 Å². The SMILES string of the molecule is Cc1ccccc1CN1CC(CN)OCC1=O. The van der Waals surface area contributed by atoms with Gasteiger partial charge in [0.25, 0.3) is 0 Å². The number of nitrogens with zero attached hydrogens (tertiary/aromatic N) is 1. The number of benzene rings is 1. The van der Waals surface area contributed by atoms with Gasteiger partial charge in [0.15, 0.2) is 0 Å². The number of carbonyl (C=O) groups excluding carboxylic acids is 1. The van der Waals surface area contributed by atoms with Crippen LogP contribution in [-0.2, 0) is 16.1 Å². The van der Waals surface area contributed by atoms with Crippen LogP contribution in [0.4, 0.5) is 0 Å². The van der Waals surface area contributed by atoms with Crippen molar-refractivity contribution in [3.63, 3.8) is 0 Å². The zero-order valence-electron chi connectivity index (χ0n) is 10.1. The van der Waals surface area contributed by atoms with Crippen molar-refractivity contribution < 1.29 is 9.53 Å². The molecule has 1 aromatic rings. The number of ether oxygens (including phenoxy) is 1. The van der Waals surface area contributed by atoms with Crippen LogP contribution in [0, 0.1) is 6.92 Å². The summed E-state index contributed by atoms with van der Waals surface area (Å²) in [4.78, 5) is 13.6. The zero-order chi connectivity index (χ0) is 12.3. The maximum absolute atomic E-state index is 11.7. The molecule has 0 bridgehead atoms. The molecule has 1 amide bonds. The van der Waals surface area contributed by atoms with Gasteiger partial charge in [0.1, 0.15) is 6.61 Å². The Balaban J connectivity index is 2.07. The van der Waals surface area contributed by atoms with E-state index >= 15 is 0 Å². The topological polar surface area (TPSA) is 55.6 Å². The number of amides is 1. The largest absolute Gasteiger partial charge is 0.365 e. The maximum atomic E-state index is 11.7. The van der Waals surface area contributed by atoms with E-state index in [0.29, 0.717) is 19.6 Å². The van der Waals surface area contributed by atoms with Crippen LogP contribution in [0.25, 0.3) is 0 Å². The fraction of sp³-hybridized carbons (Fsp3) is 0.462. The molecule has 0 aromatic heterocycles. The number of nitrogens with two attached hydrogens (primary N) is 1. The molecule has 0 radical (unpaired) electrons. The maximum Gasteiger partial charge on any atom is 0.248 e. The fourth-order valence-electron chi connectivity index (χ4n) is 1.97. The summed E-state index contributed by atoms with van der Waals surface area (Å²) in [5.74, 6) is 0.0398. The first kappa shape index (κ1) is 12.1. The highest BCUT2D eigenvalue weighted by Crippen LogP contribution is 2.14. The Labute approximate surface area is 101 Å². The summed E-state index contributed by atoms with van der Waals surface area (Å²) in [5, 5.41) is 0. The Morgan fingerprint density at radius 1 is 1.47 bits per heavy atom. The highest BCUT2D eigenvalue weighted by molar-refractivity contribution is 5.78. The van der Waals surface area contributed by atoms with E-state index in [0.717, 1.165) is 0 Å². The first-order chi connectivity index (χ1) is 8.20. The lowest BCUT2D eigenvalue weighted by Crippen LogP contribution is -2.48. The smallest absolute Gasteiger partial charge is 0.248 e. The van der Waals surface area contributed by atoms with Gasteiger partial charge in [-0.1, -0.05) is 24.3 Å². The van der Waals surface area contributed by atoms with Gasteiger partial charge >= 0.3 is 0 Å². The van der Waals surface area contributed by atoms with E-state index in [1.54, 1.807) is 0 Å². The fourth-order valence-corrected chi connectivity index (χ4v) is 1.97. The molecular formula is C13H18N2O2. The van der Waals surface area contributed by atoms with Crippen LogP contribution in [0.5, 0.6) is 0 Å². The van der Waals surface area contributed by atoms with Gasteiger partial charge in [0, 0.05) is 19.6 Å². The quantitative estimate of drug-likeness (QED) is 0.836. The van der Waals surface area contributed by atoms with E-state index in [2.05, 4.69) is 19.1 Å². The summed E-state index contributed by atoms with van der Waals surface area (Å²) in [5.41, 5.74) is 7.96. The minimum atomic E-state index is -0.0308. The first-order valence-electron chi connectivity index (χ1n) is 5.84. The Morgan fingerprint density at radius 3 is 2.94 bits per heavy atom. The monoisotopic (exact) mass is 234 g/mol. The van der Waals surface area contributed by atoms with Crippen LogP contribution >= 0.6 is 0 Å². The highest BCUT2D eigenvalue weighted by atomic mass is 16.5. The van der Waals surface area contributed by atoms with Crippen LogP contribution in [0.1, 0.15) is 11.1 Å². The molecule has 1 fully saturated rings. The summed E-state index contributed by atoms with van der Waals surface area (Å²) in [7, 11) is 0. The number of aryl methyl sites for hydroxylation is 1. The molecule has 0 spiro atoms. The third-order valence-corrected chi connectivity index (χ3v) is 3.10. The minimum absolute atomic E-state index is 0.0308. The predicted octanol–water partition coefficient (Wildman–Crippen LogP) is 0.681. The Kier molecular flexibility index (Phi) is 3.76. The van der Waals surface area contributed by atoms with Crippen molar-refractivity contribution >= 4 is 5.91 Å². The highest BCUT2D eigenvalue weighted by Gasteiger charge is 2.25. The molecule has 1 aliphatic heterocycles. The second-order valence-electron chi connectivity index (χ2n) is 4.37. The average molecular weight is 234 g/mol. The van der Waals surface area contributed by atoms with Crippen LogP contribution in [0.15, 0.2) is 24.3 Å². The van der Waals surface area contributed by atoms with Gasteiger partial charge in [-0.05, 0) is 18.1 Å². The molecule has 92 valence electrons. The summed E-state index contributed by atoms with van der Waals surface area (Å²) in [6.07, 6.45) is -0.0308. The third kappa shape index (κ3) is 2.84. The Hall–Kier alpha value is -1.39. The second kappa shape index (κ2) is 5.29. The molecule has 1 aliphatic rings. The van der Waals surface area contributed by atoms with E-state index < -0.39 is 0 Å². The molecule has 1 unspecified atom stereocenters. The zero-order valence-corrected chi connectivity index (χ0v) is 10.1. The molecule has 1 heterocycles. The first-order valence-corrected chi connectivity index (χ1v) is 5.84. The van der Waals surface area contributed by atoms with Gasteiger partial charge in [-0.25, -0.2) is 0 Å². The van der Waals surface area contributed by atoms with Crippen molar-refractivity contribution in [2.75, 3.05) is 19.7 Å². The Morgan fingerprint density at radius 2 is 2.24 bits per heavy atom. The van der Waals surface area contributed by atoms with E-state index in [-0.39, 0.29) is 18.6 Å². The van der Waals surface area contributed by atoms with E-state index in [9.17, 15) is 4.79 Å². The number of hydrogen-bond acceptors (Lipinski definition) is 3. The summed E-state index contributed by atoms with van der Waals surface area (Å²) >= 11 is 0. The van der Waals surface area contributed by atoms with Crippen LogP contribution in [0.3, 0.4) is 0 Å². The van der Waals surface area contributed by atoms with Crippen molar-refractivity contribution in [1.29, 1.82) is 0 Å². The number of morpholine rings is 1. The molecule has 2 rings (SSSR count). The molecule has 17 heavy (non-hydrogen) atoms. The van der Waals surface area contributed by atoms with Gasteiger partial charge in [0.2, 0.25) is 5.91 Å². The lowest BCUT2D eigenvalue weighted by atomic mass is 10.1. The molecule has 4 heteroatoms. The van der Waals surface area contributed by atoms with E-state index in [4.69, 9.17) is 10.5 Å². The van der Waals surface area contributed by atoms with Gasteiger partial charge in [-0.3, -0.25) is 4.79 Å². The van der Waals surface area contributed by atoms with Crippen LogP contribution in [0.2, 0.25) is 0 Å². The molecule has 1 atom stereocenters. The van der Waals surface area contributed by atoms with Gasteiger partial charge < -0.3 is 15.4 Å². The summed E-state index contributed by atoms with van der Waals surface area (Å²) in [6.45, 7) is 3.89. The van der Waals surface area contributed by atoms with E-state index in [1.807, 2.05) is 17.0 Å². The molecule has 0 saturated carbocycles. The molecule has 1 saturated heterocycles. The number of carbonyl (C=O) groups is 1. The molecular weight excluding hydrogens is 216 g/mol. The predicted molar refractivity (Wildman–Crippen MR) is 65.4 cm³/mol. The van der Waals surface area contributed by atoms with Crippen LogP contribution in [-0.4, -0.2) is 36.6 Å². The molecule has 1 aromatic carbocycles. The average Bonchev–Trinajstić information content (AvgIpc) is 2.35. The molecule has 4 nitrogen and oxygen atoms in total. The van der Waals surface area contributed by atoms with Crippen molar-refractivity contribution in [2.45, 2.75) is 19.6 Å². The van der Waals surface area contributed by atoms with Crippen molar-refractivity contribution in [2.24, 2.45) is 5.73 Å². The van der Waals surface area contributed by atoms with E-state index in [1.165, 1.54) is 11.1 Å². The number of hydrogen-bond donors (Lipinski definition) is 1. The van der Waals surface area contributed by atoms with Gasteiger partial charge in [-0.15, -0.1) is 0 Å². The standard InChI is InChI=1S/C13H18N2O2/c1-10-4-2-3-5-11(10)7-15-8-12(6-14)17-9-13(15)16/h2-5,12H,6-9,14H2,1H3. The third-order valence-electron chi connectivity index (χ3n) is 3.10. The molecule has 2 N–H and O–H groups in total. The summed E-state index contributed by atoms with van der Waals surface area (Å²) < 4.78 is 5.32. The molecule has 0 aliphatic carbocycles. The van der Waals surface area contributed by atoms with Gasteiger partial charge in [-0.2, -0.15) is 0 Å². The lowest BCUT2D eigenvalue weighted by molar-refractivity contribution is -0.149. The second-order valence-corrected chi connectivity index (χ2v) is 4.37. The minimum Gasteiger partial charge on any atom is -0.365 e. The number of rotatable bonds is 3. The van der Waals surface area contributed by atoms with Crippen molar-refractivity contribution in [3.05, 3.63) is 35.4 Å². The van der Waals surface area contributed by atoms with Crippen LogP contribution < -0.4 is 5.73 Å². The lowest BCUT2D eigenvalue weighted by Gasteiger charge is -2.32. The Bertz CT molecular complexity index is 406. The summed E-state index contributed by atoms with van der Waals surface area (Å²) in [6, 6.07) is 8.10. The van der Waals surface area contributed by atoms with Crippen molar-refractivity contribution in [3.8, 4) is 0 Å². The van der Waals surface area contributed by atoms with Crippen molar-refractivity contribution in [1.82, 2.24) is 4.90 Å². The normalized spacial score (nSPS) is 20.7.